The molecule has 8 nitrogen and oxygen atoms in total. The molecule has 3 rings (SSSR count). The van der Waals surface area contributed by atoms with Gasteiger partial charge in [-0.05, 0) is 23.6 Å². The van der Waals surface area contributed by atoms with Crippen LogP contribution in [0.5, 0.6) is 11.5 Å². The predicted molar refractivity (Wildman–Crippen MR) is 99.6 cm³/mol. The minimum Gasteiger partial charge on any atom is -0.490 e. The van der Waals surface area contributed by atoms with E-state index in [1.165, 1.54) is 0 Å². The van der Waals surface area contributed by atoms with Crippen LogP contribution >= 0.6 is 0 Å². The minimum atomic E-state index is -1.25. The number of hydrogen-bond donors (Lipinski definition) is 4. The van der Waals surface area contributed by atoms with E-state index in [0.717, 1.165) is 16.5 Å². The Morgan fingerprint density at radius 1 is 0.963 bits per heavy atom. The van der Waals surface area contributed by atoms with Gasteiger partial charge in [0.15, 0.2) is 0 Å². The number of amidine groups is 1. The molecule has 0 saturated carbocycles. The van der Waals surface area contributed by atoms with Gasteiger partial charge in [-0.25, -0.2) is 10.4 Å². The first kappa shape index (κ1) is 19.5. The van der Waals surface area contributed by atoms with Gasteiger partial charge in [0.25, 0.3) is 0 Å². The van der Waals surface area contributed by atoms with Crippen molar-refractivity contribution >= 4 is 16.6 Å². The van der Waals surface area contributed by atoms with Crippen LogP contribution in [0.15, 0.2) is 66.7 Å². The van der Waals surface area contributed by atoms with E-state index in [9.17, 15) is 0 Å². The molecule has 0 amide bonds. The smallest absolute Gasteiger partial charge is 0.472 e. The van der Waals surface area contributed by atoms with Crippen LogP contribution in [0.25, 0.3) is 10.8 Å². The molecule has 3 aromatic rings. The fourth-order valence-corrected chi connectivity index (χ4v) is 2.39. The quantitative estimate of drug-likeness (QED) is 0.228. The monoisotopic (exact) mass is 370 g/mol. The van der Waals surface area contributed by atoms with E-state index in [-0.39, 0.29) is 5.84 Å². The molecule has 0 spiro atoms. The highest BCUT2D eigenvalue weighted by Gasteiger charge is 2.02. The summed E-state index contributed by atoms with van der Waals surface area (Å²) in [5.74, 6) is 1.56. The van der Waals surface area contributed by atoms with Crippen LogP contribution in [0.2, 0.25) is 0 Å². The molecular formula is C19H20N3O5+. The van der Waals surface area contributed by atoms with Crippen LogP contribution in [-0.4, -0.2) is 34.6 Å². The van der Waals surface area contributed by atoms with Crippen LogP contribution in [0.3, 0.4) is 0 Å². The average molecular weight is 370 g/mol. The molecule has 140 valence electrons. The van der Waals surface area contributed by atoms with E-state index < -0.39 is 5.09 Å². The zero-order valence-corrected chi connectivity index (χ0v) is 14.4. The molecule has 0 saturated heterocycles. The van der Waals surface area contributed by atoms with Crippen molar-refractivity contribution in [1.29, 1.82) is 5.41 Å². The lowest BCUT2D eigenvalue weighted by atomic mass is 10.1. The van der Waals surface area contributed by atoms with Gasteiger partial charge in [-0.3, -0.25) is 5.41 Å². The van der Waals surface area contributed by atoms with E-state index in [2.05, 4.69) is 12.1 Å². The number of benzene rings is 3. The number of hydrogen-bond acceptors (Lipinski definition) is 4. The van der Waals surface area contributed by atoms with Crippen molar-refractivity contribution < 1.29 is 25.0 Å². The van der Waals surface area contributed by atoms with Gasteiger partial charge >= 0.3 is 5.09 Å². The highest BCUT2D eigenvalue weighted by Crippen LogP contribution is 2.25. The Balaban J connectivity index is 0.000000596. The van der Waals surface area contributed by atoms with E-state index in [1.807, 2.05) is 42.5 Å². The van der Waals surface area contributed by atoms with Crippen LogP contribution in [-0.2, 0) is 0 Å². The minimum absolute atomic E-state index is 0.0301. The first-order valence-corrected chi connectivity index (χ1v) is 8.00. The summed E-state index contributed by atoms with van der Waals surface area (Å²) in [5, 5.41) is 22.2. The summed E-state index contributed by atoms with van der Waals surface area (Å²) >= 11 is 0. The second kappa shape index (κ2) is 9.62. The number of fused-ring (bicyclic) bond motifs is 1. The van der Waals surface area contributed by atoms with Crippen LogP contribution in [0, 0.1) is 10.3 Å². The molecule has 0 bridgehead atoms. The van der Waals surface area contributed by atoms with Crippen LogP contribution in [0.1, 0.15) is 5.56 Å². The Kier molecular flexibility index (Phi) is 6.95. The fraction of sp³-hybridized carbons (Fsp3) is 0.105. The lowest BCUT2D eigenvalue weighted by Gasteiger charge is -2.11. The normalized spacial score (nSPS) is 9.78. The van der Waals surface area contributed by atoms with Gasteiger partial charge in [0, 0.05) is 10.9 Å². The maximum atomic E-state index is 8.47. The third-order valence-corrected chi connectivity index (χ3v) is 3.50. The first-order chi connectivity index (χ1) is 13.0. The van der Waals surface area contributed by atoms with Crippen LogP contribution < -0.4 is 15.2 Å². The third-order valence-electron chi connectivity index (χ3n) is 3.50. The van der Waals surface area contributed by atoms with Crippen molar-refractivity contribution in [2.24, 2.45) is 5.73 Å². The zero-order chi connectivity index (χ0) is 19.6. The number of nitrogens with one attached hydrogen (secondary N) is 1. The van der Waals surface area contributed by atoms with Gasteiger partial charge in [-0.15, -0.1) is 0 Å². The molecule has 27 heavy (non-hydrogen) atoms. The van der Waals surface area contributed by atoms with Gasteiger partial charge in [0.1, 0.15) is 35.5 Å². The lowest BCUT2D eigenvalue weighted by molar-refractivity contribution is -0.969. The SMILES string of the molecule is N=C(N)c1cccc(OCCOc2cccc3ccccc23)c1.O=[N+](O)O. The Morgan fingerprint density at radius 3 is 2.33 bits per heavy atom. The highest BCUT2D eigenvalue weighted by molar-refractivity contribution is 5.95. The predicted octanol–water partition coefficient (Wildman–Crippen LogP) is 3.13. The molecule has 0 aliphatic heterocycles. The second-order valence-corrected chi connectivity index (χ2v) is 5.37. The second-order valence-electron chi connectivity index (χ2n) is 5.37. The number of ether oxygens (including phenoxy) is 2. The molecule has 0 heterocycles. The Bertz CT molecular complexity index is 921. The summed E-state index contributed by atoms with van der Waals surface area (Å²) in [6, 6.07) is 21.3. The molecule has 0 aromatic heterocycles. The van der Waals surface area contributed by atoms with E-state index in [0.29, 0.717) is 24.5 Å². The zero-order valence-electron chi connectivity index (χ0n) is 14.4. The molecule has 0 unspecified atom stereocenters. The Hall–Kier alpha value is -3.81. The molecule has 3 aromatic carbocycles. The van der Waals surface area contributed by atoms with E-state index in [4.69, 9.17) is 35.9 Å². The average Bonchev–Trinajstić information content (AvgIpc) is 2.65. The maximum absolute atomic E-state index is 8.47. The van der Waals surface area contributed by atoms with E-state index in [1.54, 1.807) is 12.1 Å². The molecule has 0 atom stereocenters. The van der Waals surface area contributed by atoms with Gasteiger partial charge in [-0.2, -0.15) is 0 Å². The number of nitrogen functional groups attached to an aromatic ring is 1. The highest BCUT2D eigenvalue weighted by atomic mass is 16.9. The summed E-state index contributed by atoms with van der Waals surface area (Å²) in [7, 11) is 0. The van der Waals surface area contributed by atoms with Crippen molar-refractivity contribution in [2.45, 2.75) is 0 Å². The van der Waals surface area contributed by atoms with Crippen molar-refractivity contribution in [3.8, 4) is 11.5 Å². The number of nitrogens with two attached hydrogens (primary N) is 1. The standard InChI is InChI=1S/C19H18N2O2.H2NO3/c20-19(21)15-7-3-8-16(13-15)22-11-12-23-18-10-4-6-14-5-1-2-9-17(14)18;2-1(3)4/h1-10,13H,11-12H2,(H3,20,21);(H2,2,3,4)/q;+1. The van der Waals surface area contributed by atoms with Crippen molar-refractivity contribution in [1.82, 2.24) is 0 Å². The summed E-state index contributed by atoms with van der Waals surface area (Å²) in [5.41, 5.74) is 6.12. The van der Waals surface area contributed by atoms with Crippen molar-refractivity contribution in [3.05, 3.63) is 77.2 Å². The van der Waals surface area contributed by atoms with Gasteiger partial charge in [0.2, 0.25) is 0 Å². The molecule has 8 heteroatoms. The third kappa shape index (κ3) is 6.20. The topological polar surface area (TPSA) is 129 Å². The molecule has 0 fully saturated rings. The van der Waals surface area contributed by atoms with Crippen molar-refractivity contribution in [2.75, 3.05) is 13.2 Å². The Labute approximate surface area is 155 Å². The first-order valence-electron chi connectivity index (χ1n) is 8.00. The van der Waals surface area contributed by atoms with Crippen molar-refractivity contribution in [3.63, 3.8) is 0 Å². The molecule has 0 radical (unpaired) electrons. The number of nitrogens with zero attached hydrogens (tertiary/aromatic N) is 1. The van der Waals surface area contributed by atoms with Gasteiger partial charge < -0.3 is 15.2 Å². The summed E-state index contributed by atoms with van der Waals surface area (Å²) in [4.78, 5) is 8.47. The largest absolute Gasteiger partial charge is 0.490 e. The maximum Gasteiger partial charge on any atom is 0.472 e. The Morgan fingerprint density at radius 2 is 1.59 bits per heavy atom. The molecule has 5 N–H and O–H groups in total. The fourth-order valence-electron chi connectivity index (χ4n) is 2.39. The number of rotatable bonds is 6. The van der Waals surface area contributed by atoms with E-state index >= 15 is 0 Å². The summed E-state index contributed by atoms with van der Waals surface area (Å²) in [6.45, 7) is 0.864. The molecular weight excluding hydrogens is 350 g/mol. The summed E-state index contributed by atoms with van der Waals surface area (Å²) in [6.07, 6.45) is 0. The van der Waals surface area contributed by atoms with Gasteiger partial charge in [0.05, 0.1) is 0 Å². The lowest BCUT2D eigenvalue weighted by Crippen LogP contribution is -2.12. The molecule has 0 aliphatic carbocycles. The van der Waals surface area contributed by atoms with Crippen LogP contribution in [0.4, 0.5) is 0 Å². The molecule has 0 aliphatic rings. The summed E-state index contributed by atoms with van der Waals surface area (Å²) < 4.78 is 11.5. The van der Waals surface area contributed by atoms with Gasteiger partial charge in [-0.1, -0.05) is 48.5 Å².